The fourth-order valence-corrected chi connectivity index (χ4v) is 0.707. The van der Waals surface area contributed by atoms with E-state index in [4.69, 9.17) is 5.11 Å². The van der Waals surface area contributed by atoms with Gasteiger partial charge in [0.1, 0.15) is 0 Å². The van der Waals surface area contributed by atoms with Crippen LogP contribution in [0.5, 0.6) is 0 Å². The van der Waals surface area contributed by atoms with Crippen molar-refractivity contribution in [2.24, 2.45) is 5.10 Å². The Morgan fingerprint density at radius 1 is 1.46 bits per heavy atom. The standard InChI is InChI=1S/C7H6N2O4/c10-5-1-2-6(11)9(5)8-4-3-7(12)13/h1-2,4H,3H2,(H,12,13). The highest BCUT2D eigenvalue weighted by molar-refractivity contribution is 6.12. The Kier molecular flexibility index (Phi) is 2.53. The number of aliphatic carboxylic acids is 1. The van der Waals surface area contributed by atoms with E-state index in [1.54, 1.807) is 0 Å². The molecule has 0 unspecified atom stereocenters. The zero-order valence-corrected chi connectivity index (χ0v) is 6.51. The molecule has 68 valence electrons. The molecule has 2 amide bonds. The second-order valence-corrected chi connectivity index (χ2v) is 2.22. The summed E-state index contributed by atoms with van der Waals surface area (Å²) in [5.41, 5.74) is 0. The minimum Gasteiger partial charge on any atom is -0.481 e. The maximum atomic E-state index is 10.8. The molecule has 0 aromatic carbocycles. The third kappa shape index (κ3) is 2.22. The number of carboxylic acid groups (broad SMARTS) is 1. The van der Waals surface area contributed by atoms with Crippen LogP contribution in [0.15, 0.2) is 17.3 Å². The lowest BCUT2D eigenvalue weighted by Crippen LogP contribution is -2.24. The first-order chi connectivity index (χ1) is 6.11. The highest BCUT2D eigenvalue weighted by atomic mass is 16.4. The fraction of sp³-hybridized carbons (Fsp3) is 0.143. The smallest absolute Gasteiger partial charge is 0.308 e. The summed E-state index contributed by atoms with van der Waals surface area (Å²) < 4.78 is 0. The number of rotatable bonds is 3. The number of hydrogen-bond acceptors (Lipinski definition) is 4. The van der Waals surface area contributed by atoms with Crippen LogP contribution in [0.3, 0.4) is 0 Å². The molecule has 0 aromatic heterocycles. The summed E-state index contributed by atoms with van der Waals surface area (Å²) >= 11 is 0. The van der Waals surface area contributed by atoms with Crippen LogP contribution in [0.2, 0.25) is 0 Å². The van der Waals surface area contributed by atoms with Gasteiger partial charge in [0, 0.05) is 18.4 Å². The van der Waals surface area contributed by atoms with Crippen molar-refractivity contribution in [3.05, 3.63) is 12.2 Å². The van der Waals surface area contributed by atoms with Crippen LogP contribution in [-0.4, -0.2) is 34.1 Å². The van der Waals surface area contributed by atoms with Gasteiger partial charge in [0.15, 0.2) is 0 Å². The van der Waals surface area contributed by atoms with Gasteiger partial charge in [-0.1, -0.05) is 0 Å². The monoisotopic (exact) mass is 182 g/mol. The lowest BCUT2D eigenvalue weighted by atomic mass is 10.5. The molecule has 0 saturated carbocycles. The number of hydrazone groups is 1. The summed E-state index contributed by atoms with van der Waals surface area (Å²) in [6.45, 7) is 0. The Balaban J connectivity index is 2.55. The first-order valence-corrected chi connectivity index (χ1v) is 3.41. The van der Waals surface area contributed by atoms with Gasteiger partial charge in [0.05, 0.1) is 6.42 Å². The molecular formula is C7H6N2O4. The third-order valence-electron chi connectivity index (χ3n) is 1.25. The summed E-state index contributed by atoms with van der Waals surface area (Å²) in [6.07, 6.45) is 2.81. The molecule has 0 spiro atoms. The molecule has 6 nitrogen and oxygen atoms in total. The SMILES string of the molecule is O=C(O)CC=NN1C(=O)C=CC1=O. The molecule has 1 rings (SSSR count). The van der Waals surface area contributed by atoms with Crippen molar-refractivity contribution >= 4 is 24.0 Å². The molecule has 1 aliphatic rings. The number of imide groups is 1. The van der Waals surface area contributed by atoms with Crippen LogP contribution in [-0.2, 0) is 14.4 Å². The van der Waals surface area contributed by atoms with Crippen LogP contribution in [0.4, 0.5) is 0 Å². The maximum Gasteiger partial charge on any atom is 0.308 e. The number of carbonyl (C=O) groups is 3. The molecular weight excluding hydrogens is 176 g/mol. The van der Waals surface area contributed by atoms with Crippen LogP contribution in [0, 0.1) is 0 Å². The van der Waals surface area contributed by atoms with E-state index in [-0.39, 0.29) is 6.42 Å². The van der Waals surface area contributed by atoms with Crippen molar-refractivity contribution in [3.8, 4) is 0 Å². The summed E-state index contributed by atoms with van der Waals surface area (Å²) in [4.78, 5) is 31.7. The molecule has 0 radical (unpaired) electrons. The van der Waals surface area contributed by atoms with Crippen LogP contribution in [0.25, 0.3) is 0 Å². The summed E-state index contributed by atoms with van der Waals surface area (Å²) in [7, 11) is 0. The van der Waals surface area contributed by atoms with E-state index in [1.807, 2.05) is 0 Å². The molecule has 13 heavy (non-hydrogen) atoms. The molecule has 0 atom stereocenters. The van der Waals surface area contributed by atoms with Gasteiger partial charge in [-0.05, 0) is 0 Å². The van der Waals surface area contributed by atoms with E-state index in [9.17, 15) is 14.4 Å². The second-order valence-electron chi connectivity index (χ2n) is 2.22. The summed E-state index contributed by atoms with van der Waals surface area (Å²) in [5.74, 6) is -2.20. The van der Waals surface area contributed by atoms with Crippen molar-refractivity contribution in [1.29, 1.82) is 0 Å². The van der Waals surface area contributed by atoms with Crippen molar-refractivity contribution < 1.29 is 19.5 Å². The largest absolute Gasteiger partial charge is 0.481 e. The summed E-state index contributed by atoms with van der Waals surface area (Å²) in [6, 6.07) is 0. The zero-order valence-electron chi connectivity index (χ0n) is 6.51. The van der Waals surface area contributed by atoms with Gasteiger partial charge in [-0.3, -0.25) is 14.4 Å². The van der Waals surface area contributed by atoms with Gasteiger partial charge in [0.25, 0.3) is 11.8 Å². The van der Waals surface area contributed by atoms with Gasteiger partial charge in [-0.25, -0.2) is 0 Å². The zero-order chi connectivity index (χ0) is 9.84. The number of carboxylic acids is 1. The van der Waals surface area contributed by atoms with Crippen molar-refractivity contribution in [3.63, 3.8) is 0 Å². The van der Waals surface area contributed by atoms with Gasteiger partial charge in [-0.2, -0.15) is 10.1 Å². The number of hydrogen-bond donors (Lipinski definition) is 1. The van der Waals surface area contributed by atoms with E-state index >= 15 is 0 Å². The summed E-state index contributed by atoms with van der Waals surface area (Å²) in [5, 5.41) is 12.2. The first kappa shape index (κ1) is 9.11. The van der Waals surface area contributed by atoms with E-state index in [1.165, 1.54) is 0 Å². The van der Waals surface area contributed by atoms with Crippen molar-refractivity contribution in [2.45, 2.75) is 6.42 Å². The van der Waals surface area contributed by atoms with Gasteiger partial charge in [0.2, 0.25) is 0 Å². The molecule has 6 heteroatoms. The molecule has 0 aliphatic carbocycles. The molecule has 0 fully saturated rings. The Morgan fingerprint density at radius 3 is 2.46 bits per heavy atom. The third-order valence-corrected chi connectivity index (χ3v) is 1.25. The lowest BCUT2D eigenvalue weighted by molar-refractivity contribution is -0.138. The number of carbonyl (C=O) groups excluding carboxylic acids is 2. The maximum absolute atomic E-state index is 10.8. The van der Waals surface area contributed by atoms with Gasteiger partial charge >= 0.3 is 5.97 Å². The van der Waals surface area contributed by atoms with E-state index in [0.29, 0.717) is 5.01 Å². The fourth-order valence-electron chi connectivity index (χ4n) is 0.707. The number of amides is 2. The molecule has 1 aliphatic heterocycles. The lowest BCUT2D eigenvalue weighted by Gasteiger charge is -2.03. The molecule has 1 heterocycles. The normalized spacial score (nSPS) is 16.2. The van der Waals surface area contributed by atoms with Gasteiger partial charge < -0.3 is 5.11 Å². The first-order valence-electron chi connectivity index (χ1n) is 3.41. The van der Waals surface area contributed by atoms with Crippen LogP contribution in [0.1, 0.15) is 6.42 Å². The highest BCUT2D eigenvalue weighted by Crippen LogP contribution is 2.02. The Bertz CT molecular complexity index is 300. The molecule has 1 N–H and O–H groups in total. The Hall–Kier alpha value is -1.98. The highest BCUT2D eigenvalue weighted by Gasteiger charge is 2.22. The van der Waals surface area contributed by atoms with Gasteiger partial charge in [-0.15, -0.1) is 0 Å². The van der Waals surface area contributed by atoms with Crippen molar-refractivity contribution in [2.75, 3.05) is 0 Å². The Labute approximate surface area is 73.1 Å². The minimum absolute atomic E-state index is 0.322. The van der Waals surface area contributed by atoms with E-state index in [0.717, 1.165) is 18.4 Å². The van der Waals surface area contributed by atoms with E-state index in [2.05, 4.69) is 5.10 Å². The second kappa shape index (κ2) is 3.61. The predicted molar refractivity (Wildman–Crippen MR) is 41.7 cm³/mol. The molecule has 0 bridgehead atoms. The predicted octanol–water partition coefficient (Wildman–Crippen LogP) is -0.628. The molecule has 0 aromatic rings. The van der Waals surface area contributed by atoms with Crippen molar-refractivity contribution in [1.82, 2.24) is 5.01 Å². The minimum atomic E-state index is -1.07. The van der Waals surface area contributed by atoms with Crippen LogP contribution >= 0.6 is 0 Å². The topological polar surface area (TPSA) is 87.0 Å². The number of nitrogens with zero attached hydrogens (tertiary/aromatic N) is 2. The average Bonchev–Trinajstić information content (AvgIpc) is 2.34. The van der Waals surface area contributed by atoms with Crippen LogP contribution < -0.4 is 0 Å². The molecule has 0 saturated heterocycles. The van der Waals surface area contributed by atoms with E-state index < -0.39 is 17.8 Å². The average molecular weight is 182 g/mol. The quantitative estimate of drug-likeness (QED) is 0.465. The Morgan fingerprint density at radius 2 is 2.00 bits per heavy atom.